The Bertz CT molecular complexity index is 446. The van der Waals surface area contributed by atoms with Crippen molar-refractivity contribution in [1.29, 1.82) is 0 Å². The molecule has 0 amide bonds. The highest BCUT2D eigenvalue weighted by Gasteiger charge is 2.13. The zero-order valence-electron chi connectivity index (χ0n) is 11.1. The van der Waals surface area contributed by atoms with Crippen LogP contribution in [0, 0.1) is 0 Å². The lowest BCUT2D eigenvalue weighted by Gasteiger charge is -2.18. The van der Waals surface area contributed by atoms with Crippen molar-refractivity contribution in [1.82, 2.24) is 4.90 Å². The van der Waals surface area contributed by atoms with Gasteiger partial charge in [-0.2, -0.15) is 0 Å². The Morgan fingerprint density at radius 3 is 2.15 bits per heavy atom. The van der Waals surface area contributed by atoms with Crippen LogP contribution in [0.3, 0.4) is 0 Å². The molecule has 20 heavy (non-hydrogen) atoms. The standard InChI is InChI=1S/C13H17NO6/c1-19-10-4-2-3-5-11(10)20-7-6-14(8-12(15)16)9-13(17)18/h2-5H,6-9H2,1H3,(H,15,16)(H,17,18). The molecule has 0 radical (unpaired) electrons. The predicted molar refractivity (Wildman–Crippen MR) is 70.2 cm³/mol. The molecule has 0 bridgehead atoms. The fourth-order valence-corrected chi connectivity index (χ4v) is 1.62. The number of aliphatic carboxylic acids is 2. The number of rotatable bonds is 9. The molecule has 1 aromatic carbocycles. The van der Waals surface area contributed by atoms with Crippen molar-refractivity contribution in [2.24, 2.45) is 0 Å². The number of carboxylic acid groups (broad SMARTS) is 2. The molecule has 0 aliphatic heterocycles. The van der Waals surface area contributed by atoms with Gasteiger partial charge in [0.25, 0.3) is 0 Å². The number of carboxylic acids is 2. The van der Waals surface area contributed by atoms with Gasteiger partial charge in [-0.25, -0.2) is 0 Å². The van der Waals surface area contributed by atoms with Crippen LogP contribution in [0.5, 0.6) is 11.5 Å². The number of carbonyl (C=O) groups is 2. The van der Waals surface area contributed by atoms with Crippen LogP contribution in [-0.4, -0.2) is 60.4 Å². The third-order valence-electron chi connectivity index (χ3n) is 2.45. The lowest BCUT2D eigenvalue weighted by atomic mass is 10.3. The van der Waals surface area contributed by atoms with Gasteiger partial charge in [-0.05, 0) is 12.1 Å². The van der Waals surface area contributed by atoms with Gasteiger partial charge >= 0.3 is 11.9 Å². The molecule has 0 heterocycles. The van der Waals surface area contributed by atoms with Gasteiger partial charge in [0.1, 0.15) is 6.61 Å². The van der Waals surface area contributed by atoms with E-state index >= 15 is 0 Å². The molecule has 7 heteroatoms. The van der Waals surface area contributed by atoms with Gasteiger partial charge in [0, 0.05) is 6.54 Å². The molecule has 0 fully saturated rings. The summed E-state index contributed by atoms with van der Waals surface area (Å²) in [5.74, 6) is -1.07. The summed E-state index contributed by atoms with van der Waals surface area (Å²) in [6.07, 6.45) is 0. The number of nitrogens with zero attached hydrogens (tertiary/aromatic N) is 1. The van der Waals surface area contributed by atoms with E-state index in [4.69, 9.17) is 19.7 Å². The summed E-state index contributed by atoms with van der Waals surface area (Å²) < 4.78 is 10.6. The Labute approximate surface area is 116 Å². The molecule has 110 valence electrons. The Morgan fingerprint density at radius 1 is 1.10 bits per heavy atom. The first-order valence-corrected chi connectivity index (χ1v) is 5.94. The highest BCUT2D eigenvalue weighted by Crippen LogP contribution is 2.25. The minimum absolute atomic E-state index is 0.168. The van der Waals surface area contributed by atoms with Crippen LogP contribution in [0.1, 0.15) is 0 Å². The zero-order valence-corrected chi connectivity index (χ0v) is 11.1. The molecule has 1 aromatic rings. The molecular formula is C13H17NO6. The van der Waals surface area contributed by atoms with Crippen LogP contribution in [0.2, 0.25) is 0 Å². The monoisotopic (exact) mass is 283 g/mol. The number of para-hydroxylation sites is 2. The van der Waals surface area contributed by atoms with Crippen LogP contribution in [0.15, 0.2) is 24.3 Å². The molecule has 7 nitrogen and oxygen atoms in total. The first-order chi connectivity index (χ1) is 9.52. The number of hydrogen-bond donors (Lipinski definition) is 2. The maximum absolute atomic E-state index is 10.6. The Hall–Kier alpha value is -2.28. The number of ether oxygens (including phenoxy) is 2. The topological polar surface area (TPSA) is 96.3 Å². The molecule has 0 saturated heterocycles. The Morgan fingerprint density at radius 2 is 1.65 bits per heavy atom. The number of methoxy groups -OCH3 is 1. The van der Waals surface area contributed by atoms with E-state index in [1.54, 1.807) is 24.3 Å². The van der Waals surface area contributed by atoms with Crippen LogP contribution in [0.25, 0.3) is 0 Å². The summed E-state index contributed by atoms with van der Waals surface area (Å²) in [5, 5.41) is 17.4. The van der Waals surface area contributed by atoms with Crippen molar-refractivity contribution < 1.29 is 29.3 Å². The molecule has 0 aromatic heterocycles. The van der Waals surface area contributed by atoms with E-state index in [1.165, 1.54) is 12.0 Å². The zero-order chi connectivity index (χ0) is 15.0. The van der Waals surface area contributed by atoms with Crippen LogP contribution < -0.4 is 9.47 Å². The second-order valence-corrected chi connectivity index (χ2v) is 4.00. The predicted octanol–water partition coefficient (Wildman–Crippen LogP) is 0.545. The van der Waals surface area contributed by atoms with Gasteiger partial charge < -0.3 is 19.7 Å². The average molecular weight is 283 g/mol. The molecule has 0 saturated carbocycles. The molecule has 0 aliphatic rings. The molecular weight excluding hydrogens is 266 g/mol. The first-order valence-electron chi connectivity index (χ1n) is 5.94. The summed E-state index contributed by atoms with van der Waals surface area (Å²) in [6.45, 7) is -0.333. The lowest BCUT2D eigenvalue weighted by molar-refractivity contribution is -0.141. The van der Waals surface area contributed by atoms with Gasteiger partial charge in [0.05, 0.1) is 20.2 Å². The first kappa shape index (κ1) is 15.8. The third kappa shape index (κ3) is 5.57. The summed E-state index contributed by atoms with van der Waals surface area (Å²) in [4.78, 5) is 22.5. The third-order valence-corrected chi connectivity index (χ3v) is 2.45. The van der Waals surface area contributed by atoms with Gasteiger partial charge in [-0.3, -0.25) is 14.5 Å². The minimum Gasteiger partial charge on any atom is -0.493 e. The fraction of sp³-hybridized carbons (Fsp3) is 0.385. The van der Waals surface area contributed by atoms with Gasteiger partial charge in [0.2, 0.25) is 0 Å². The maximum atomic E-state index is 10.6. The summed E-state index contributed by atoms with van der Waals surface area (Å²) in [5.41, 5.74) is 0. The van der Waals surface area contributed by atoms with Crippen molar-refractivity contribution in [3.8, 4) is 11.5 Å². The molecule has 0 spiro atoms. The second kappa shape index (κ2) is 8.00. The van der Waals surface area contributed by atoms with E-state index in [9.17, 15) is 9.59 Å². The van der Waals surface area contributed by atoms with Gasteiger partial charge in [0.15, 0.2) is 11.5 Å². The molecule has 0 aliphatic carbocycles. The Kier molecular flexibility index (Phi) is 6.31. The van der Waals surface area contributed by atoms with Gasteiger partial charge in [-0.1, -0.05) is 12.1 Å². The van der Waals surface area contributed by atoms with E-state index in [-0.39, 0.29) is 26.2 Å². The van der Waals surface area contributed by atoms with E-state index in [0.717, 1.165) is 0 Å². The van der Waals surface area contributed by atoms with Crippen molar-refractivity contribution in [3.63, 3.8) is 0 Å². The quantitative estimate of drug-likeness (QED) is 0.683. The molecule has 2 N–H and O–H groups in total. The van der Waals surface area contributed by atoms with Crippen molar-refractivity contribution in [2.75, 3.05) is 33.4 Å². The minimum atomic E-state index is -1.08. The highest BCUT2D eigenvalue weighted by atomic mass is 16.5. The van der Waals surface area contributed by atoms with E-state index in [2.05, 4.69) is 0 Å². The second-order valence-electron chi connectivity index (χ2n) is 4.00. The number of benzene rings is 1. The molecule has 1 rings (SSSR count). The van der Waals surface area contributed by atoms with Crippen LogP contribution in [0.4, 0.5) is 0 Å². The van der Waals surface area contributed by atoms with E-state index < -0.39 is 11.9 Å². The summed E-state index contributed by atoms with van der Waals surface area (Å²) in [6, 6.07) is 7.04. The largest absolute Gasteiger partial charge is 0.493 e. The van der Waals surface area contributed by atoms with E-state index in [0.29, 0.717) is 11.5 Å². The smallest absolute Gasteiger partial charge is 0.317 e. The number of hydrogen-bond acceptors (Lipinski definition) is 5. The molecule has 0 atom stereocenters. The van der Waals surface area contributed by atoms with E-state index in [1.807, 2.05) is 0 Å². The van der Waals surface area contributed by atoms with Crippen LogP contribution in [-0.2, 0) is 9.59 Å². The molecule has 0 unspecified atom stereocenters. The normalized spacial score (nSPS) is 10.3. The SMILES string of the molecule is COc1ccccc1OCCN(CC(=O)O)CC(=O)O. The van der Waals surface area contributed by atoms with Crippen molar-refractivity contribution in [2.45, 2.75) is 0 Å². The lowest BCUT2D eigenvalue weighted by Crippen LogP contribution is -2.37. The fourth-order valence-electron chi connectivity index (χ4n) is 1.62. The highest BCUT2D eigenvalue weighted by molar-refractivity contribution is 5.72. The maximum Gasteiger partial charge on any atom is 0.317 e. The summed E-state index contributed by atoms with van der Waals surface area (Å²) >= 11 is 0. The Balaban J connectivity index is 2.50. The van der Waals surface area contributed by atoms with Gasteiger partial charge in [-0.15, -0.1) is 0 Å². The van der Waals surface area contributed by atoms with Crippen molar-refractivity contribution >= 4 is 11.9 Å². The average Bonchev–Trinajstić information content (AvgIpc) is 2.37. The van der Waals surface area contributed by atoms with Crippen molar-refractivity contribution in [3.05, 3.63) is 24.3 Å². The van der Waals surface area contributed by atoms with Crippen LogP contribution >= 0.6 is 0 Å². The summed E-state index contributed by atoms with van der Waals surface area (Å²) in [7, 11) is 1.52.